The van der Waals surface area contributed by atoms with Crippen LogP contribution in [0.5, 0.6) is 0 Å². The Hall–Kier alpha value is -2.95. The fourth-order valence-corrected chi connectivity index (χ4v) is 7.06. The molecule has 1 aliphatic heterocycles. The topological polar surface area (TPSA) is 66.4 Å². The Morgan fingerprint density at radius 1 is 1.08 bits per heavy atom. The van der Waals surface area contributed by atoms with Gasteiger partial charge in [0.25, 0.3) is 17.9 Å². The highest BCUT2D eigenvalue weighted by Crippen LogP contribution is 2.73. The predicted molar refractivity (Wildman–Crippen MR) is 130 cm³/mol. The minimum atomic E-state index is -3.00. The van der Waals surface area contributed by atoms with Crippen molar-refractivity contribution in [3.8, 4) is 0 Å². The molecule has 1 amide bonds. The molecule has 0 unspecified atom stereocenters. The van der Waals surface area contributed by atoms with Gasteiger partial charge in [-0.05, 0) is 45.1 Å². The average Bonchev–Trinajstić information content (AvgIpc) is 3.23. The van der Waals surface area contributed by atoms with Crippen molar-refractivity contribution in [2.75, 3.05) is 25.5 Å². The number of hydrogen-bond donors (Lipinski definition) is 2. The second-order valence-corrected chi connectivity index (χ2v) is 11.7. The van der Waals surface area contributed by atoms with Crippen LogP contribution in [0.15, 0.2) is 35.3 Å². The second kappa shape index (κ2) is 8.53. The lowest BCUT2D eigenvalue weighted by Gasteiger charge is -2.70. The summed E-state index contributed by atoms with van der Waals surface area (Å²) >= 11 is 0. The highest BCUT2D eigenvalue weighted by molar-refractivity contribution is 5.99. The van der Waals surface area contributed by atoms with Crippen LogP contribution in [0.1, 0.15) is 60.1 Å². The number of alkyl halides is 4. The Labute approximate surface area is 216 Å². The van der Waals surface area contributed by atoms with Gasteiger partial charge in [0.1, 0.15) is 5.82 Å². The van der Waals surface area contributed by atoms with Gasteiger partial charge >= 0.3 is 0 Å². The first-order chi connectivity index (χ1) is 17.9. The van der Waals surface area contributed by atoms with Crippen molar-refractivity contribution in [1.82, 2.24) is 14.8 Å². The van der Waals surface area contributed by atoms with Crippen molar-refractivity contribution in [3.63, 3.8) is 0 Å². The lowest BCUT2D eigenvalue weighted by Crippen LogP contribution is -2.71. The minimum Gasteiger partial charge on any atom is -0.381 e. The number of anilines is 1. The number of rotatable bonds is 8. The first-order valence-electron chi connectivity index (χ1n) is 12.8. The number of likely N-dealkylation sites (tertiary alicyclic amines) is 1. The lowest BCUT2D eigenvalue weighted by atomic mass is 9.39. The van der Waals surface area contributed by atoms with Gasteiger partial charge in [0.15, 0.2) is 0 Å². The summed E-state index contributed by atoms with van der Waals surface area (Å²) in [5, 5.41) is 6.01. The van der Waals surface area contributed by atoms with E-state index in [2.05, 4.69) is 15.5 Å². The van der Waals surface area contributed by atoms with E-state index < -0.39 is 47.1 Å². The Balaban J connectivity index is 1.29. The van der Waals surface area contributed by atoms with Crippen LogP contribution in [0, 0.1) is 23.1 Å². The van der Waals surface area contributed by atoms with Crippen molar-refractivity contribution < 1.29 is 26.7 Å². The Morgan fingerprint density at radius 2 is 1.71 bits per heavy atom. The van der Waals surface area contributed by atoms with E-state index in [1.165, 1.54) is 35.9 Å². The monoisotopic (exact) mass is 536 g/mol. The van der Waals surface area contributed by atoms with Crippen LogP contribution >= 0.6 is 0 Å². The summed E-state index contributed by atoms with van der Waals surface area (Å²) in [7, 11) is 2.03. The van der Waals surface area contributed by atoms with Crippen molar-refractivity contribution in [2.24, 2.45) is 17.3 Å². The van der Waals surface area contributed by atoms with Gasteiger partial charge in [-0.3, -0.25) is 9.59 Å². The van der Waals surface area contributed by atoms with Crippen molar-refractivity contribution in [1.29, 1.82) is 0 Å². The Bertz CT molecular complexity index is 1330. The zero-order chi connectivity index (χ0) is 27.1. The largest absolute Gasteiger partial charge is 0.381 e. The number of carbonyl (C=O) groups excluding carboxylic acids is 1. The molecule has 204 valence electrons. The smallest absolute Gasteiger partial charge is 0.266 e. The molecule has 4 aliphatic carbocycles. The molecule has 6 nitrogen and oxygen atoms in total. The van der Waals surface area contributed by atoms with E-state index in [-0.39, 0.29) is 42.0 Å². The van der Waals surface area contributed by atoms with Crippen molar-refractivity contribution in [3.05, 3.63) is 63.3 Å². The molecule has 2 heterocycles. The van der Waals surface area contributed by atoms with Gasteiger partial charge in [0.2, 0.25) is 6.43 Å². The number of pyridine rings is 1. The van der Waals surface area contributed by atoms with E-state index in [9.17, 15) is 31.5 Å². The highest BCUT2D eigenvalue weighted by Gasteiger charge is 2.73. The normalized spacial score (nSPS) is 32.0. The number of halogens is 5. The third-order valence-electron chi connectivity index (χ3n) is 9.12. The molecule has 2 aromatic rings. The molecular formula is C27H29F5N4O2. The molecule has 5 fully saturated rings. The summed E-state index contributed by atoms with van der Waals surface area (Å²) in [6, 6.07) is 4.13. The lowest BCUT2D eigenvalue weighted by molar-refractivity contribution is -0.254. The fourth-order valence-electron chi connectivity index (χ4n) is 7.06. The maximum absolute atomic E-state index is 14.7. The molecule has 38 heavy (non-hydrogen) atoms. The van der Waals surface area contributed by atoms with Crippen molar-refractivity contribution >= 4 is 11.6 Å². The molecule has 1 aromatic carbocycles. The van der Waals surface area contributed by atoms with Crippen LogP contribution in [0.4, 0.5) is 27.6 Å². The first-order valence-corrected chi connectivity index (χ1v) is 12.8. The summed E-state index contributed by atoms with van der Waals surface area (Å²) in [5.74, 6) is -0.910. The van der Waals surface area contributed by atoms with Gasteiger partial charge in [-0.2, -0.15) is 0 Å². The quantitative estimate of drug-likeness (QED) is 0.487. The number of nitrogens with zero attached hydrogens (tertiary/aromatic N) is 2. The van der Waals surface area contributed by atoms with Gasteiger partial charge in [-0.25, -0.2) is 22.0 Å². The standard InChI is InChI=1S/C27H29F5N4O2/c1-13(14-4-3-5-15(21(14)28)23(29)30)33-24(38)18-9-36(27-10-26(11-27,12-27)25(31)32)20(37)6-19(18)34-22-16-7-35(2)8-17(16)22/h3-6,9,13,16-17,22-23,25,34H,7-8,10-12H2,1-2H3,(H,33,38)/t13-,16-,17+,22-,26?,27?/m1/s1. The van der Waals surface area contributed by atoms with Gasteiger partial charge in [-0.15, -0.1) is 0 Å². The molecule has 2 bridgehead atoms. The van der Waals surface area contributed by atoms with Crippen molar-refractivity contribution in [2.45, 2.75) is 56.7 Å². The molecule has 4 saturated carbocycles. The number of carbonyl (C=O) groups is 1. The third kappa shape index (κ3) is 3.76. The molecule has 1 aromatic heterocycles. The van der Waals surface area contributed by atoms with Crippen LogP contribution in [0.3, 0.4) is 0 Å². The van der Waals surface area contributed by atoms with E-state index in [4.69, 9.17) is 0 Å². The van der Waals surface area contributed by atoms with Gasteiger partial charge in [0, 0.05) is 47.9 Å². The molecule has 11 heteroatoms. The zero-order valence-corrected chi connectivity index (χ0v) is 21.0. The predicted octanol–water partition coefficient (Wildman–Crippen LogP) is 4.53. The summed E-state index contributed by atoms with van der Waals surface area (Å²) in [6.07, 6.45) is -3.53. The molecule has 1 saturated heterocycles. The van der Waals surface area contributed by atoms with Gasteiger partial charge in [0.05, 0.1) is 22.9 Å². The van der Waals surface area contributed by atoms with Crippen LogP contribution in [0.2, 0.25) is 0 Å². The molecule has 0 radical (unpaired) electrons. The Kier molecular flexibility index (Phi) is 5.68. The zero-order valence-electron chi connectivity index (χ0n) is 21.0. The minimum absolute atomic E-state index is 0.0861. The number of aromatic nitrogens is 1. The molecule has 5 aliphatic rings. The molecule has 0 spiro atoms. The average molecular weight is 537 g/mol. The fraction of sp³-hybridized carbons (Fsp3) is 0.556. The molecule has 4 atom stereocenters. The van der Waals surface area contributed by atoms with Crippen LogP contribution in [0.25, 0.3) is 0 Å². The summed E-state index contributed by atoms with van der Waals surface area (Å²) in [5.41, 5.74) is -2.54. The van der Waals surface area contributed by atoms with E-state index >= 15 is 0 Å². The number of hydrogen-bond acceptors (Lipinski definition) is 4. The Morgan fingerprint density at radius 3 is 2.32 bits per heavy atom. The van der Waals surface area contributed by atoms with E-state index in [1.807, 2.05) is 7.05 Å². The van der Waals surface area contributed by atoms with Crippen LogP contribution in [-0.2, 0) is 5.54 Å². The maximum Gasteiger partial charge on any atom is 0.266 e. The van der Waals surface area contributed by atoms with Gasteiger partial charge in [-0.1, -0.05) is 18.2 Å². The number of nitrogens with one attached hydrogen (secondary N) is 2. The SMILES string of the molecule is C[C@@H](NC(=O)c1cn(C23CC(C(F)F)(C2)C3)c(=O)cc1N[C@@H]1[C@@H]2CN(C)C[C@@H]21)c1cccc(C(F)F)c1F. The third-order valence-corrected chi connectivity index (χ3v) is 9.12. The van der Waals surface area contributed by atoms with Crippen LogP contribution in [-0.4, -0.2) is 48.0 Å². The number of benzene rings is 1. The molecule has 7 rings (SSSR count). The maximum atomic E-state index is 14.7. The number of amides is 1. The van der Waals surface area contributed by atoms with E-state index in [0.717, 1.165) is 19.2 Å². The highest BCUT2D eigenvalue weighted by atomic mass is 19.3. The molecular weight excluding hydrogens is 507 g/mol. The molecule has 2 N–H and O–H groups in total. The number of piperidine rings is 1. The summed E-state index contributed by atoms with van der Waals surface area (Å²) in [4.78, 5) is 28.8. The van der Waals surface area contributed by atoms with E-state index in [1.54, 1.807) is 0 Å². The van der Waals surface area contributed by atoms with Crippen LogP contribution < -0.4 is 16.2 Å². The second-order valence-electron chi connectivity index (χ2n) is 11.7. The van der Waals surface area contributed by atoms with Gasteiger partial charge < -0.3 is 20.1 Å². The number of fused-ring (bicyclic) bond motifs is 1. The van der Waals surface area contributed by atoms with E-state index in [0.29, 0.717) is 17.5 Å². The summed E-state index contributed by atoms with van der Waals surface area (Å²) < 4.78 is 69.4. The first kappa shape index (κ1) is 25.3. The summed E-state index contributed by atoms with van der Waals surface area (Å²) in [6.45, 7) is 3.29.